The van der Waals surface area contributed by atoms with E-state index < -0.39 is 42.0 Å². The normalized spacial score (nSPS) is 21.4. The zero-order chi connectivity index (χ0) is 27.1. The molecule has 1 aromatic heterocycles. The first kappa shape index (κ1) is 28.6. The molecule has 0 aliphatic heterocycles. The summed E-state index contributed by atoms with van der Waals surface area (Å²) >= 11 is 0. The van der Waals surface area contributed by atoms with E-state index in [4.69, 9.17) is 4.74 Å². The van der Waals surface area contributed by atoms with E-state index in [1.807, 2.05) is 6.92 Å². The van der Waals surface area contributed by atoms with E-state index in [0.717, 1.165) is 20.6 Å². The van der Waals surface area contributed by atoms with Crippen molar-refractivity contribution in [3.8, 4) is 0 Å². The SMILES string of the molecule is COC(=O)CC(OC(=O)NC1CC(C)(C)CC(C)(CNC(=O)Nc2nc(C)cc(=O)[nH]2)C1)C(=O)OC. The smallest absolute Gasteiger partial charge is 0.408 e. The molecule has 13 heteroatoms. The molecule has 3 unspecified atom stereocenters. The lowest BCUT2D eigenvalue weighted by atomic mass is 9.62. The van der Waals surface area contributed by atoms with E-state index in [-0.39, 0.29) is 23.0 Å². The van der Waals surface area contributed by atoms with E-state index in [9.17, 15) is 24.0 Å². The maximum absolute atomic E-state index is 12.5. The van der Waals surface area contributed by atoms with E-state index in [1.165, 1.54) is 6.07 Å². The number of carbonyl (C=O) groups is 4. The van der Waals surface area contributed by atoms with Gasteiger partial charge in [-0.1, -0.05) is 20.8 Å². The van der Waals surface area contributed by atoms with Crippen LogP contribution in [0.2, 0.25) is 0 Å². The van der Waals surface area contributed by atoms with Crippen molar-refractivity contribution >= 4 is 30.0 Å². The number of aromatic nitrogens is 2. The number of H-pyrrole nitrogens is 1. The zero-order valence-electron chi connectivity index (χ0n) is 21.5. The standard InChI is InChI=1S/C23H35N5O8/c1-13-7-16(29)27-19(25-13)28-20(32)24-12-23(4)10-14(9-22(2,3)11-23)26-21(33)36-15(18(31)35-6)8-17(30)34-5/h7,14-15H,8-12H2,1-6H3,(H,26,33)(H3,24,25,27,28,29,32). The van der Waals surface area contributed by atoms with Gasteiger partial charge in [-0.05, 0) is 37.0 Å². The maximum Gasteiger partial charge on any atom is 0.408 e. The third-order valence-corrected chi connectivity index (χ3v) is 5.84. The van der Waals surface area contributed by atoms with Crippen molar-refractivity contribution in [2.75, 3.05) is 26.1 Å². The number of aromatic amines is 1. The second kappa shape index (κ2) is 11.9. The average molecular weight is 510 g/mol. The lowest BCUT2D eigenvalue weighted by Crippen LogP contribution is -2.51. The summed E-state index contributed by atoms with van der Waals surface area (Å²) in [5.41, 5.74) is -0.476. The largest absolute Gasteiger partial charge is 0.469 e. The number of esters is 2. The summed E-state index contributed by atoms with van der Waals surface area (Å²) in [5, 5.41) is 8.09. The van der Waals surface area contributed by atoms with Gasteiger partial charge in [-0.3, -0.25) is 19.9 Å². The molecule has 13 nitrogen and oxygen atoms in total. The van der Waals surface area contributed by atoms with Crippen molar-refractivity contribution in [3.05, 3.63) is 22.1 Å². The molecule has 0 spiro atoms. The zero-order valence-corrected chi connectivity index (χ0v) is 21.5. The fourth-order valence-electron chi connectivity index (χ4n) is 4.82. The van der Waals surface area contributed by atoms with Crippen molar-refractivity contribution in [2.45, 2.75) is 65.5 Å². The Bertz CT molecular complexity index is 1040. The van der Waals surface area contributed by atoms with Crippen LogP contribution in [0.25, 0.3) is 0 Å². The molecule has 1 aromatic rings. The number of hydrogen-bond donors (Lipinski definition) is 4. The molecule has 4 N–H and O–H groups in total. The third kappa shape index (κ3) is 8.86. The Hall–Kier alpha value is -3.64. The fourth-order valence-corrected chi connectivity index (χ4v) is 4.82. The summed E-state index contributed by atoms with van der Waals surface area (Å²) in [4.78, 5) is 66.5. The first-order valence-corrected chi connectivity index (χ1v) is 11.5. The minimum absolute atomic E-state index is 0.0426. The number of anilines is 1. The molecule has 1 aliphatic carbocycles. The van der Waals surface area contributed by atoms with Crippen molar-refractivity contribution in [1.82, 2.24) is 20.6 Å². The van der Waals surface area contributed by atoms with Crippen LogP contribution >= 0.6 is 0 Å². The van der Waals surface area contributed by atoms with Gasteiger partial charge in [0.15, 0.2) is 0 Å². The molecule has 0 bridgehead atoms. The van der Waals surface area contributed by atoms with Gasteiger partial charge in [0.1, 0.15) is 0 Å². The highest BCUT2D eigenvalue weighted by molar-refractivity contribution is 5.87. The maximum atomic E-state index is 12.5. The van der Waals surface area contributed by atoms with Gasteiger partial charge in [0.2, 0.25) is 12.1 Å². The Balaban J connectivity index is 2.00. The van der Waals surface area contributed by atoms with Gasteiger partial charge >= 0.3 is 24.1 Å². The average Bonchev–Trinajstić information content (AvgIpc) is 2.74. The predicted octanol–water partition coefficient (Wildman–Crippen LogP) is 1.62. The number of alkyl carbamates (subject to hydrolysis) is 1. The van der Waals surface area contributed by atoms with Crippen molar-refractivity contribution in [1.29, 1.82) is 0 Å². The number of nitrogens with one attached hydrogen (secondary N) is 4. The molecule has 0 radical (unpaired) electrons. The number of ether oxygens (including phenoxy) is 3. The Morgan fingerprint density at radius 2 is 1.86 bits per heavy atom. The summed E-state index contributed by atoms with van der Waals surface area (Å²) in [5.74, 6) is -1.55. The lowest BCUT2D eigenvalue weighted by molar-refractivity contribution is -0.157. The van der Waals surface area contributed by atoms with Crippen LogP contribution < -0.4 is 21.5 Å². The van der Waals surface area contributed by atoms with Crippen LogP contribution in [0.4, 0.5) is 15.5 Å². The molecule has 2 rings (SSSR count). The topological polar surface area (TPSA) is 178 Å². The summed E-state index contributed by atoms with van der Waals surface area (Å²) in [7, 11) is 2.28. The van der Waals surface area contributed by atoms with Gasteiger partial charge in [-0.15, -0.1) is 0 Å². The minimum atomic E-state index is -1.43. The first-order valence-electron chi connectivity index (χ1n) is 11.5. The quantitative estimate of drug-likeness (QED) is 0.299. The Morgan fingerprint density at radius 1 is 1.17 bits per heavy atom. The monoisotopic (exact) mass is 509 g/mol. The van der Waals surface area contributed by atoms with E-state index in [2.05, 4.69) is 49.2 Å². The molecule has 200 valence electrons. The third-order valence-electron chi connectivity index (χ3n) is 5.84. The fraction of sp³-hybridized carbons (Fsp3) is 0.652. The van der Waals surface area contributed by atoms with E-state index >= 15 is 0 Å². The van der Waals surface area contributed by atoms with Crippen LogP contribution in [0, 0.1) is 17.8 Å². The van der Waals surface area contributed by atoms with Gasteiger partial charge in [0.05, 0.1) is 20.6 Å². The highest BCUT2D eigenvalue weighted by Gasteiger charge is 2.42. The van der Waals surface area contributed by atoms with Crippen LogP contribution in [0.1, 0.15) is 52.1 Å². The Labute approximate surface area is 209 Å². The van der Waals surface area contributed by atoms with Gasteiger partial charge in [0, 0.05) is 24.3 Å². The molecule has 0 saturated heterocycles. The molecule has 3 amide bonds. The number of urea groups is 1. The molecule has 0 aromatic carbocycles. The highest BCUT2D eigenvalue weighted by Crippen LogP contribution is 2.45. The summed E-state index contributed by atoms with van der Waals surface area (Å²) in [6.07, 6.45) is -0.842. The van der Waals surface area contributed by atoms with Crippen LogP contribution in [0.15, 0.2) is 10.9 Å². The van der Waals surface area contributed by atoms with Crippen molar-refractivity contribution < 1.29 is 33.4 Å². The van der Waals surface area contributed by atoms with Crippen molar-refractivity contribution in [2.24, 2.45) is 10.8 Å². The van der Waals surface area contributed by atoms with Crippen LogP contribution in [0.3, 0.4) is 0 Å². The summed E-state index contributed by atoms with van der Waals surface area (Å²) in [6, 6.07) is 0.471. The predicted molar refractivity (Wildman–Crippen MR) is 128 cm³/mol. The van der Waals surface area contributed by atoms with Crippen LogP contribution in [-0.2, 0) is 23.8 Å². The molecular formula is C23H35N5O8. The van der Waals surface area contributed by atoms with Crippen LogP contribution in [-0.4, -0.2) is 66.9 Å². The molecule has 1 fully saturated rings. The number of carbonyl (C=O) groups excluding carboxylic acids is 4. The van der Waals surface area contributed by atoms with Gasteiger partial charge in [-0.25, -0.2) is 19.4 Å². The second-order valence-corrected chi connectivity index (χ2v) is 10.1. The summed E-state index contributed by atoms with van der Waals surface area (Å²) in [6.45, 7) is 8.04. The highest BCUT2D eigenvalue weighted by atomic mass is 16.6. The summed E-state index contributed by atoms with van der Waals surface area (Å²) < 4.78 is 14.3. The number of hydrogen-bond acceptors (Lipinski definition) is 9. The molecule has 1 heterocycles. The molecule has 36 heavy (non-hydrogen) atoms. The van der Waals surface area contributed by atoms with Crippen LogP contribution in [0.5, 0.6) is 0 Å². The number of nitrogens with zero attached hydrogens (tertiary/aromatic N) is 1. The number of methoxy groups -OCH3 is 2. The Morgan fingerprint density at radius 3 is 2.47 bits per heavy atom. The molecule has 1 saturated carbocycles. The number of amides is 3. The molecule has 1 aliphatic rings. The van der Waals surface area contributed by atoms with Gasteiger partial charge in [-0.2, -0.15) is 0 Å². The first-order chi connectivity index (χ1) is 16.7. The molecule has 3 atom stereocenters. The lowest BCUT2D eigenvalue weighted by Gasteiger charge is -2.46. The van der Waals surface area contributed by atoms with E-state index in [0.29, 0.717) is 25.1 Å². The van der Waals surface area contributed by atoms with E-state index in [1.54, 1.807) is 6.92 Å². The minimum Gasteiger partial charge on any atom is -0.469 e. The van der Waals surface area contributed by atoms with Gasteiger partial charge < -0.3 is 24.8 Å². The Kier molecular flexibility index (Phi) is 9.42. The number of aryl methyl sites for hydroxylation is 1. The second-order valence-electron chi connectivity index (χ2n) is 10.1. The number of rotatable bonds is 8. The molecular weight excluding hydrogens is 474 g/mol. The van der Waals surface area contributed by atoms with Gasteiger partial charge in [0.25, 0.3) is 5.56 Å². The van der Waals surface area contributed by atoms with Crippen molar-refractivity contribution in [3.63, 3.8) is 0 Å².